The zero-order valence-electron chi connectivity index (χ0n) is 12.7. The second kappa shape index (κ2) is 8.49. The average Bonchev–Trinajstić information content (AvgIpc) is 2.45. The SMILES string of the molecule is CCCC(NC(=O)N1CCC(CNC(C)=O)CC1)C(=O)O. The van der Waals surface area contributed by atoms with Crippen molar-refractivity contribution in [3.05, 3.63) is 0 Å². The van der Waals surface area contributed by atoms with Crippen molar-refractivity contribution in [1.29, 1.82) is 0 Å². The Morgan fingerprint density at radius 3 is 2.38 bits per heavy atom. The van der Waals surface area contributed by atoms with Gasteiger partial charge >= 0.3 is 12.0 Å². The first-order chi connectivity index (χ1) is 9.93. The third-order valence-corrected chi connectivity index (χ3v) is 3.71. The summed E-state index contributed by atoms with van der Waals surface area (Å²) in [4.78, 5) is 35.6. The number of aliphatic carboxylic acids is 1. The van der Waals surface area contributed by atoms with Gasteiger partial charge in [-0.15, -0.1) is 0 Å². The van der Waals surface area contributed by atoms with Crippen molar-refractivity contribution >= 4 is 17.9 Å². The lowest BCUT2D eigenvalue weighted by molar-refractivity contribution is -0.139. The first-order valence-corrected chi connectivity index (χ1v) is 7.46. The van der Waals surface area contributed by atoms with Crippen LogP contribution >= 0.6 is 0 Å². The Morgan fingerprint density at radius 2 is 1.90 bits per heavy atom. The standard InChI is InChI=1S/C14H25N3O4/c1-3-4-12(13(19)20)16-14(21)17-7-5-11(6-8-17)9-15-10(2)18/h11-12H,3-9H2,1-2H3,(H,15,18)(H,16,21)(H,19,20). The van der Waals surface area contributed by atoms with E-state index in [4.69, 9.17) is 5.11 Å². The van der Waals surface area contributed by atoms with Crippen molar-refractivity contribution in [2.24, 2.45) is 5.92 Å². The monoisotopic (exact) mass is 299 g/mol. The normalized spacial score (nSPS) is 17.1. The summed E-state index contributed by atoms with van der Waals surface area (Å²) in [6.07, 6.45) is 2.77. The van der Waals surface area contributed by atoms with Gasteiger partial charge in [0.2, 0.25) is 5.91 Å². The Kier molecular flexibility index (Phi) is 6.98. The van der Waals surface area contributed by atoms with E-state index in [0.717, 1.165) is 12.8 Å². The zero-order valence-corrected chi connectivity index (χ0v) is 12.7. The van der Waals surface area contributed by atoms with Crippen LogP contribution in [0.3, 0.4) is 0 Å². The molecule has 0 aromatic carbocycles. The fraction of sp³-hybridized carbons (Fsp3) is 0.786. The minimum atomic E-state index is -0.995. The molecule has 3 N–H and O–H groups in total. The molecule has 7 nitrogen and oxygen atoms in total. The quantitative estimate of drug-likeness (QED) is 0.675. The number of urea groups is 1. The van der Waals surface area contributed by atoms with Crippen LogP contribution in [0.2, 0.25) is 0 Å². The highest BCUT2D eigenvalue weighted by molar-refractivity contribution is 5.82. The summed E-state index contributed by atoms with van der Waals surface area (Å²) >= 11 is 0. The van der Waals surface area contributed by atoms with E-state index >= 15 is 0 Å². The molecule has 0 radical (unpaired) electrons. The lowest BCUT2D eigenvalue weighted by Crippen LogP contribution is -2.50. The van der Waals surface area contributed by atoms with Gasteiger partial charge in [0.05, 0.1) is 0 Å². The van der Waals surface area contributed by atoms with Gasteiger partial charge in [0.15, 0.2) is 0 Å². The second-order valence-electron chi connectivity index (χ2n) is 5.50. The fourth-order valence-corrected chi connectivity index (χ4v) is 2.41. The summed E-state index contributed by atoms with van der Waals surface area (Å²) < 4.78 is 0. The van der Waals surface area contributed by atoms with Gasteiger partial charge < -0.3 is 20.6 Å². The van der Waals surface area contributed by atoms with Crippen LogP contribution in [0, 0.1) is 5.92 Å². The van der Waals surface area contributed by atoms with Gasteiger partial charge in [-0.25, -0.2) is 9.59 Å². The summed E-state index contributed by atoms with van der Waals surface area (Å²) in [7, 11) is 0. The first kappa shape index (κ1) is 17.3. The smallest absolute Gasteiger partial charge is 0.326 e. The largest absolute Gasteiger partial charge is 0.480 e. The minimum Gasteiger partial charge on any atom is -0.480 e. The molecule has 1 fully saturated rings. The summed E-state index contributed by atoms with van der Waals surface area (Å²) in [5, 5.41) is 14.4. The molecule has 21 heavy (non-hydrogen) atoms. The summed E-state index contributed by atoms with van der Waals surface area (Å²) in [5.41, 5.74) is 0. The molecular formula is C14H25N3O4. The van der Waals surface area contributed by atoms with Crippen molar-refractivity contribution in [2.75, 3.05) is 19.6 Å². The van der Waals surface area contributed by atoms with Gasteiger partial charge in [-0.3, -0.25) is 4.79 Å². The Balaban J connectivity index is 2.37. The molecule has 1 heterocycles. The number of hydrogen-bond donors (Lipinski definition) is 3. The van der Waals surface area contributed by atoms with Crippen LogP contribution < -0.4 is 10.6 Å². The molecular weight excluding hydrogens is 274 g/mol. The fourth-order valence-electron chi connectivity index (χ4n) is 2.41. The molecule has 120 valence electrons. The van der Waals surface area contributed by atoms with Gasteiger partial charge in [-0.2, -0.15) is 0 Å². The maximum atomic E-state index is 12.0. The molecule has 1 atom stereocenters. The van der Waals surface area contributed by atoms with Gasteiger partial charge in [-0.05, 0) is 25.2 Å². The number of carboxylic acids is 1. The van der Waals surface area contributed by atoms with Crippen LogP contribution in [0.25, 0.3) is 0 Å². The van der Waals surface area contributed by atoms with Crippen LogP contribution in [0.1, 0.15) is 39.5 Å². The third-order valence-electron chi connectivity index (χ3n) is 3.71. The van der Waals surface area contributed by atoms with E-state index in [1.165, 1.54) is 6.92 Å². The highest BCUT2D eigenvalue weighted by atomic mass is 16.4. The molecule has 0 aromatic rings. The number of carbonyl (C=O) groups excluding carboxylic acids is 2. The Bertz CT molecular complexity index is 378. The van der Waals surface area contributed by atoms with Crippen LogP contribution in [0.15, 0.2) is 0 Å². The number of carbonyl (C=O) groups is 3. The van der Waals surface area contributed by atoms with Crippen LogP contribution in [-0.2, 0) is 9.59 Å². The predicted octanol–water partition coefficient (Wildman–Crippen LogP) is 0.797. The van der Waals surface area contributed by atoms with E-state index in [2.05, 4.69) is 10.6 Å². The molecule has 0 spiro atoms. The number of hydrogen-bond acceptors (Lipinski definition) is 3. The molecule has 1 rings (SSSR count). The molecule has 0 bridgehead atoms. The van der Waals surface area contributed by atoms with Gasteiger partial charge in [0, 0.05) is 26.6 Å². The van der Waals surface area contributed by atoms with E-state index in [1.807, 2.05) is 6.92 Å². The molecule has 1 aliphatic rings. The minimum absolute atomic E-state index is 0.0426. The van der Waals surface area contributed by atoms with E-state index < -0.39 is 12.0 Å². The number of carboxylic acid groups (broad SMARTS) is 1. The van der Waals surface area contributed by atoms with Crippen LogP contribution in [0.4, 0.5) is 4.79 Å². The highest BCUT2D eigenvalue weighted by Gasteiger charge is 2.26. The zero-order chi connectivity index (χ0) is 15.8. The average molecular weight is 299 g/mol. The molecule has 7 heteroatoms. The maximum Gasteiger partial charge on any atom is 0.326 e. The number of amides is 3. The van der Waals surface area contributed by atoms with E-state index in [0.29, 0.717) is 38.4 Å². The van der Waals surface area contributed by atoms with E-state index in [1.54, 1.807) is 4.90 Å². The molecule has 1 unspecified atom stereocenters. The van der Waals surface area contributed by atoms with Gasteiger partial charge in [0.25, 0.3) is 0 Å². The maximum absolute atomic E-state index is 12.0. The molecule has 0 aromatic heterocycles. The third kappa shape index (κ3) is 6.01. The first-order valence-electron chi connectivity index (χ1n) is 7.46. The molecule has 1 aliphatic heterocycles. The van der Waals surface area contributed by atoms with Crippen molar-refractivity contribution in [1.82, 2.24) is 15.5 Å². The van der Waals surface area contributed by atoms with Gasteiger partial charge in [-0.1, -0.05) is 13.3 Å². The number of nitrogens with zero attached hydrogens (tertiary/aromatic N) is 1. The topological polar surface area (TPSA) is 98.7 Å². The Hall–Kier alpha value is -1.79. The van der Waals surface area contributed by atoms with Crippen molar-refractivity contribution < 1.29 is 19.5 Å². The van der Waals surface area contributed by atoms with Crippen molar-refractivity contribution in [3.8, 4) is 0 Å². The number of likely N-dealkylation sites (tertiary alicyclic amines) is 1. The summed E-state index contributed by atoms with van der Waals surface area (Å²) in [5.74, 6) is -0.659. The Labute approximate surface area is 125 Å². The van der Waals surface area contributed by atoms with Gasteiger partial charge in [0.1, 0.15) is 6.04 Å². The summed E-state index contributed by atoms with van der Waals surface area (Å²) in [6.45, 7) is 5.19. The predicted molar refractivity (Wildman–Crippen MR) is 77.8 cm³/mol. The van der Waals surface area contributed by atoms with Crippen LogP contribution in [-0.4, -0.2) is 53.6 Å². The highest BCUT2D eigenvalue weighted by Crippen LogP contribution is 2.16. The molecule has 1 saturated heterocycles. The number of nitrogens with one attached hydrogen (secondary N) is 2. The lowest BCUT2D eigenvalue weighted by atomic mass is 9.97. The number of piperidine rings is 1. The molecule has 0 saturated carbocycles. The summed E-state index contributed by atoms with van der Waals surface area (Å²) in [6, 6.07) is -1.13. The molecule has 3 amide bonds. The molecule has 0 aliphatic carbocycles. The lowest BCUT2D eigenvalue weighted by Gasteiger charge is -2.32. The number of rotatable bonds is 6. The van der Waals surface area contributed by atoms with Crippen molar-refractivity contribution in [2.45, 2.75) is 45.6 Å². The second-order valence-corrected chi connectivity index (χ2v) is 5.50. The van der Waals surface area contributed by atoms with E-state index in [-0.39, 0.29) is 11.9 Å². The van der Waals surface area contributed by atoms with Crippen molar-refractivity contribution in [3.63, 3.8) is 0 Å². The van der Waals surface area contributed by atoms with E-state index in [9.17, 15) is 14.4 Å². The Morgan fingerprint density at radius 1 is 1.29 bits per heavy atom. The van der Waals surface area contributed by atoms with Crippen LogP contribution in [0.5, 0.6) is 0 Å².